The van der Waals surface area contributed by atoms with E-state index in [2.05, 4.69) is 15.3 Å². The predicted molar refractivity (Wildman–Crippen MR) is 142 cm³/mol. The fourth-order valence-corrected chi connectivity index (χ4v) is 6.63. The van der Waals surface area contributed by atoms with Gasteiger partial charge in [-0.2, -0.15) is 0 Å². The van der Waals surface area contributed by atoms with Crippen molar-refractivity contribution in [1.29, 1.82) is 0 Å². The van der Waals surface area contributed by atoms with Gasteiger partial charge >= 0.3 is 5.97 Å². The molecule has 1 N–H and O–H groups in total. The van der Waals surface area contributed by atoms with E-state index in [1.165, 1.54) is 12.1 Å². The van der Waals surface area contributed by atoms with Crippen molar-refractivity contribution in [2.75, 3.05) is 31.7 Å². The number of nitrogens with one attached hydrogen (secondary N) is 1. The molecule has 1 aliphatic carbocycles. The van der Waals surface area contributed by atoms with Crippen LogP contribution in [0, 0.1) is 0 Å². The standard InChI is InChI=1S/C26H29N3O8S2/c1-2-35-22(30)15-36-21-10-9-20-25(28-21)38-26(27-20)29-24(31)23(37-17-11-13-34-14-12-17)16-3-5-18(6-4-16)39(32,33)19-7-8-19/h3-6,9-10,17,19,23H,2,7-8,11-15H2,1H3,(H,27,29,31). The largest absolute Gasteiger partial charge is 0.466 e. The number of anilines is 1. The maximum Gasteiger partial charge on any atom is 0.344 e. The third kappa shape index (κ3) is 6.72. The summed E-state index contributed by atoms with van der Waals surface area (Å²) in [4.78, 5) is 34.6. The lowest BCUT2D eigenvalue weighted by Gasteiger charge is -2.27. The molecule has 11 nitrogen and oxygen atoms in total. The minimum absolute atomic E-state index is 0.180. The number of carbonyl (C=O) groups is 2. The molecule has 2 fully saturated rings. The second kappa shape index (κ2) is 11.9. The average molecular weight is 576 g/mol. The number of hydrogen-bond acceptors (Lipinski definition) is 11. The number of pyridine rings is 1. The number of hydrogen-bond donors (Lipinski definition) is 1. The van der Waals surface area contributed by atoms with Gasteiger partial charge in [0.1, 0.15) is 10.3 Å². The molecular weight excluding hydrogens is 546 g/mol. The number of aromatic nitrogens is 2. The lowest BCUT2D eigenvalue weighted by molar-refractivity contribution is -0.145. The van der Waals surface area contributed by atoms with E-state index in [0.29, 0.717) is 59.9 Å². The highest BCUT2D eigenvalue weighted by Crippen LogP contribution is 2.35. The number of esters is 1. The first-order valence-corrected chi connectivity index (χ1v) is 15.1. The maximum absolute atomic E-state index is 13.5. The lowest BCUT2D eigenvalue weighted by atomic mass is 10.1. The van der Waals surface area contributed by atoms with Crippen molar-refractivity contribution in [2.24, 2.45) is 0 Å². The molecule has 2 aromatic heterocycles. The molecule has 3 aromatic rings. The van der Waals surface area contributed by atoms with Gasteiger partial charge in [0.05, 0.1) is 22.9 Å². The van der Waals surface area contributed by atoms with Crippen molar-refractivity contribution in [1.82, 2.24) is 9.97 Å². The molecule has 208 valence electrons. The molecule has 13 heteroatoms. The molecule has 1 atom stereocenters. The zero-order valence-corrected chi connectivity index (χ0v) is 23.0. The second-order valence-electron chi connectivity index (χ2n) is 9.22. The van der Waals surface area contributed by atoms with Crippen LogP contribution in [0.15, 0.2) is 41.3 Å². The van der Waals surface area contributed by atoms with Gasteiger partial charge in [-0.05, 0) is 56.4 Å². The quantitative estimate of drug-likeness (QED) is 0.338. The Hall–Kier alpha value is -3.13. The molecule has 1 saturated heterocycles. The van der Waals surface area contributed by atoms with Crippen LogP contribution in [0.5, 0.6) is 5.88 Å². The van der Waals surface area contributed by atoms with Gasteiger partial charge in [0.2, 0.25) is 5.88 Å². The topological polar surface area (TPSA) is 143 Å². The van der Waals surface area contributed by atoms with Gasteiger partial charge in [0.15, 0.2) is 27.7 Å². The molecule has 1 aromatic carbocycles. The van der Waals surface area contributed by atoms with Crippen LogP contribution in [-0.4, -0.2) is 68.0 Å². The number of fused-ring (bicyclic) bond motifs is 1. The van der Waals surface area contributed by atoms with E-state index >= 15 is 0 Å². The fourth-order valence-electron chi connectivity index (χ4n) is 4.14. The SMILES string of the molecule is CCOC(=O)COc1ccc2nc(NC(=O)C(OC3CCOCC3)c3ccc(S(=O)(=O)C4CC4)cc3)sc2n1. The second-order valence-corrected chi connectivity index (χ2v) is 12.4. The van der Waals surface area contributed by atoms with Crippen molar-refractivity contribution in [2.45, 2.75) is 55.0 Å². The third-order valence-electron chi connectivity index (χ3n) is 6.31. The summed E-state index contributed by atoms with van der Waals surface area (Å²) < 4.78 is 47.1. The summed E-state index contributed by atoms with van der Waals surface area (Å²) in [6.07, 6.45) is 1.50. The number of nitrogens with zero attached hydrogens (tertiary/aromatic N) is 2. The predicted octanol–water partition coefficient (Wildman–Crippen LogP) is 3.44. The number of benzene rings is 1. The van der Waals surface area contributed by atoms with Crippen molar-refractivity contribution < 1.29 is 37.0 Å². The normalized spacial score (nSPS) is 17.1. The Morgan fingerprint density at radius 3 is 2.51 bits per heavy atom. The van der Waals surface area contributed by atoms with Crippen LogP contribution in [0.2, 0.25) is 0 Å². The number of ether oxygens (including phenoxy) is 4. The van der Waals surface area contributed by atoms with E-state index in [9.17, 15) is 18.0 Å². The highest BCUT2D eigenvalue weighted by molar-refractivity contribution is 7.92. The molecule has 0 radical (unpaired) electrons. The molecular formula is C26H29N3O8S2. The number of carbonyl (C=O) groups excluding carboxylic acids is 2. The molecule has 1 saturated carbocycles. The van der Waals surface area contributed by atoms with Crippen LogP contribution in [0.4, 0.5) is 5.13 Å². The van der Waals surface area contributed by atoms with Crippen LogP contribution < -0.4 is 10.1 Å². The van der Waals surface area contributed by atoms with Crippen LogP contribution in [-0.2, 0) is 33.6 Å². The Balaban J connectivity index is 1.32. The smallest absolute Gasteiger partial charge is 0.344 e. The molecule has 0 bridgehead atoms. The highest BCUT2D eigenvalue weighted by Gasteiger charge is 2.37. The Kier molecular flexibility index (Phi) is 8.40. The van der Waals surface area contributed by atoms with E-state index in [4.69, 9.17) is 18.9 Å². The number of thiazole rings is 1. The lowest BCUT2D eigenvalue weighted by Crippen LogP contribution is -2.31. The van der Waals surface area contributed by atoms with Gasteiger partial charge in [-0.15, -0.1) is 0 Å². The molecule has 1 aliphatic heterocycles. The van der Waals surface area contributed by atoms with E-state index in [1.54, 1.807) is 31.2 Å². The minimum Gasteiger partial charge on any atom is -0.466 e. The first-order valence-electron chi connectivity index (χ1n) is 12.8. The summed E-state index contributed by atoms with van der Waals surface area (Å²) in [6, 6.07) is 9.61. The summed E-state index contributed by atoms with van der Waals surface area (Å²) in [5.74, 6) is -0.693. The molecule has 0 spiro atoms. The van der Waals surface area contributed by atoms with Crippen LogP contribution in [0.1, 0.15) is 44.3 Å². The van der Waals surface area contributed by atoms with Gasteiger partial charge in [0.25, 0.3) is 5.91 Å². The third-order valence-corrected chi connectivity index (χ3v) is 9.47. The molecule has 1 unspecified atom stereocenters. The van der Waals surface area contributed by atoms with Crippen molar-refractivity contribution in [3.8, 4) is 5.88 Å². The number of amides is 1. The highest BCUT2D eigenvalue weighted by atomic mass is 32.2. The first kappa shape index (κ1) is 27.4. The van der Waals surface area contributed by atoms with Crippen LogP contribution >= 0.6 is 11.3 Å². The maximum atomic E-state index is 13.5. The summed E-state index contributed by atoms with van der Waals surface area (Å²) in [6.45, 7) is 2.79. The van der Waals surface area contributed by atoms with Gasteiger partial charge in [0, 0.05) is 19.3 Å². The summed E-state index contributed by atoms with van der Waals surface area (Å²) in [5.41, 5.74) is 1.10. The average Bonchev–Trinajstić information content (AvgIpc) is 3.73. The monoisotopic (exact) mass is 575 g/mol. The van der Waals surface area contributed by atoms with E-state index in [-0.39, 0.29) is 35.3 Å². The van der Waals surface area contributed by atoms with E-state index in [0.717, 1.165) is 11.3 Å². The number of rotatable bonds is 11. The van der Waals surface area contributed by atoms with Crippen molar-refractivity contribution in [3.63, 3.8) is 0 Å². The molecule has 1 amide bonds. The number of sulfone groups is 1. The minimum atomic E-state index is -3.34. The molecule has 5 rings (SSSR count). The van der Waals surface area contributed by atoms with Gasteiger partial charge in [-0.25, -0.2) is 23.2 Å². The van der Waals surface area contributed by atoms with Crippen molar-refractivity contribution >= 4 is 48.5 Å². The Bertz CT molecular complexity index is 1430. The summed E-state index contributed by atoms with van der Waals surface area (Å²) >= 11 is 1.15. The molecule has 2 aliphatic rings. The fraction of sp³-hybridized carbons (Fsp3) is 0.462. The Morgan fingerprint density at radius 1 is 1.08 bits per heavy atom. The Morgan fingerprint density at radius 2 is 1.82 bits per heavy atom. The van der Waals surface area contributed by atoms with Gasteiger partial charge in [-0.1, -0.05) is 23.5 Å². The molecule has 39 heavy (non-hydrogen) atoms. The van der Waals surface area contributed by atoms with E-state index < -0.39 is 27.8 Å². The Labute approximate surface area is 229 Å². The van der Waals surface area contributed by atoms with Gasteiger partial charge in [-0.3, -0.25) is 10.1 Å². The summed E-state index contributed by atoms with van der Waals surface area (Å²) in [7, 11) is -3.34. The summed E-state index contributed by atoms with van der Waals surface area (Å²) in [5, 5.41) is 2.82. The van der Waals surface area contributed by atoms with Gasteiger partial charge < -0.3 is 18.9 Å². The van der Waals surface area contributed by atoms with Crippen molar-refractivity contribution in [3.05, 3.63) is 42.0 Å². The van der Waals surface area contributed by atoms with E-state index in [1.807, 2.05) is 0 Å². The van der Waals surface area contributed by atoms with Crippen LogP contribution in [0.25, 0.3) is 10.3 Å². The molecule has 3 heterocycles. The zero-order valence-electron chi connectivity index (χ0n) is 21.3. The van der Waals surface area contributed by atoms with Crippen LogP contribution in [0.3, 0.4) is 0 Å². The zero-order chi connectivity index (χ0) is 27.4. The first-order chi connectivity index (χ1) is 18.8.